The minimum absolute atomic E-state index is 0.134. The van der Waals surface area contributed by atoms with Gasteiger partial charge < -0.3 is 10.1 Å². The van der Waals surface area contributed by atoms with Crippen LogP contribution >= 0.6 is 15.9 Å². The molecule has 100 valence electrons. The van der Waals surface area contributed by atoms with Crippen molar-refractivity contribution in [1.82, 2.24) is 10.3 Å². The molecule has 1 aromatic rings. The Hall–Kier alpha value is -1.10. The van der Waals surface area contributed by atoms with Crippen molar-refractivity contribution in [3.8, 4) is 0 Å². The second-order valence-electron chi connectivity index (χ2n) is 5.17. The quantitative estimate of drug-likeness (QED) is 0.869. The SMILES string of the molecule is CC(CNC(=O)OC(C)(C)C)c1cccc(Br)n1. The summed E-state index contributed by atoms with van der Waals surface area (Å²) in [5.41, 5.74) is 0.460. The van der Waals surface area contributed by atoms with E-state index in [0.717, 1.165) is 10.3 Å². The molecule has 5 heteroatoms. The van der Waals surface area contributed by atoms with Gasteiger partial charge in [0.15, 0.2) is 0 Å². The molecule has 0 aliphatic carbocycles. The van der Waals surface area contributed by atoms with Crippen molar-refractivity contribution in [2.75, 3.05) is 6.54 Å². The minimum atomic E-state index is -0.471. The lowest BCUT2D eigenvalue weighted by Gasteiger charge is -2.20. The Bertz CT molecular complexity index is 416. The van der Waals surface area contributed by atoms with Crippen molar-refractivity contribution < 1.29 is 9.53 Å². The van der Waals surface area contributed by atoms with E-state index in [1.54, 1.807) is 0 Å². The number of pyridine rings is 1. The number of carbonyl (C=O) groups is 1. The smallest absolute Gasteiger partial charge is 0.407 e. The largest absolute Gasteiger partial charge is 0.444 e. The van der Waals surface area contributed by atoms with Crippen LogP contribution < -0.4 is 5.32 Å². The number of aromatic nitrogens is 1. The number of carbonyl (C=O) groups excluding carboxylic acids is 1. The maximum Gasteiger partial charge on any atom is 0.407 e. The Balaban J connectivity index is 2.46. The van der Waals surface area contributed by atoms with Gasteiger partial charge in [0.1, 0.15) is 10.2 Å². The second kappa shape index (κ2) is 6.18. The molecule has 1 atom stereocenters. The molecule has 4 nitrogen and oxygen atoms in total. The van der Waals surface area contributed by atoms with E-state index in [4.69, 9.17) is 4.74 Å². The number of nitrogens with one attached hydrogen (secondary N) is 1. The summed E-state index contributed by atoms with van der Waals surface area (Å²) < 4.78 is 5.96. The van der Waals surface area contributed by atoms with E-state index in [9.17, 15) is 4.79 Å². The van der Waals surface area contributed by atoms with Gasteiger partial charge in [0.2, 0.25) is 0 Å². The molecule has 1 unspecified atom stereocenters. The summed E-state index contributed by atoms with van der Waals surface area (Å²) in [6.45, 7) is 8.02. The van der Waals surface area contributed by atoms with E-state index in [1.807, 2.05) is 45.9 Å². The van der Waals surface area contributed by atoms with Gasteiger partial charge in [-0.25, -0.2) is 9.78 Å². The maximum absolute atomic E-state index is 11.5. The van der Waals surface area contributed by atoms with Crippen molar-refractivity contribution in [3.05, 3.63) is 28.5 Å². The summed E-state index contributed by atoms with van der Waals surface area (Å²) >= 11 is 3.33. The summed E-state index contributed by atoms with van der Waals surface area (Å²) in [6, 6.07) is 5.74. The highest BCUT2D eigenvalue weighted by atomic mass is 79.9. The highest BCUT2D eigenvalue weighted by Crippen LogP contribution is 2.15. The number of nitrogens with zero attached hydrogens (tertiary/aromatic N) is 1. The molecule has 0 spiro atoms. The van der Waals surface area contributed by atoms with E-state index in [-0.39, 0.29) is 5.92 Å². The third-order valence-electron chi connectivity index (χ3n) is 2.19. The first-order chi connectivity index (χ1) is 8.28. The molecule has 1 aromatic heterocycles. The van der Waals surface area contributed by atoms with Crippen LogP contribution in [-0.2, 0) is 4.74 Å². The van der Waals surface area contributed by atoms with Crippen LogP contribution in [0.15, 0.2) is 22.8 Å². The first kappa shape index (κ1) is 15.0. The monoisotopic (exact) mass is 314 g/mol. The van der Waals surface area contributed by atoms with E-state index < -0.39 is 11.7 Å². The molecule has 1 N–H and O–H groups in total. The van der Waals surface area contributed by atoms with Crippen molar-refractivity contribution in [2.45, 2.75) is 39.2 Å². The highest BCUT2D eigenvalue weighted by molar-refractivity contribution is 9.10. The van der Waals surface area contributed by atoms with Gasteiger partial charge in [-0.2, -0.15) is 0 Å². The average molecular weight is 315 g/mol. The van der Waals surface area contributed by atoms with Crippen LogP contribution in [0.4, 0.5) is 4.79 Å². The van der Waals surface area contributed by atoms with Crippen LogP contribution in [0.5, 0.6) is 0 Å². The lowest BCUT2D eigenvalue weighted by molar-refractivity contribution is 0.0525. The normalized spacial score (nSPS) is 12.9. The molecule has 18 heavy (non-hydrogen) atoms. The van der Waals surface area contributed by atoms with Gasteiger partial charge in [0, 0.05) is 18.2 Å². The Morgan fingerprint density at radius 3 is 2.72 bits per heavy atom. The molecule has 0 bridgehead atoms. The first-order valence-electron chi connectivity index (χ1n) is 5.87. The maximum atomic E-state index is 11.5. The molecule has 0 aliphatic rings. The average Bonchev–Trinajstić information content (AvgIpc) is 2.23. The van der Waals surface area contributed by atoms with Crippen molar-refractivity contribution in [1.29, 1.82) is 0 Å². The summed E-state index contributed by atoms with van der Waals surface area (Å²) in [7, 11) is 0. The summed E-state index contributed by atoms with van der Waals surface area (Å²) in [6.07, 6.45) is -0.399. The van der Waals surface area contributed by atoms with Crippen molar-refractivity contribution in [2.24, 2.45) is 0 Å². The lowest BCUT2D eigenvalue weighted by Crippen LogP contribution is -2.34. The third kappa shape index (κ3) is 5.49. The third-order valence-corrected chi connectivity index (χ3v) is 2.63. The van der Waals surface area contributed by atoms with Crippen LogP contribution in [-0.4, -0.2) is 23.2 Å². The van der Waals surface area contributed by atoms with E-state index in [2.05, 4.69) is 26.2 Å². The lowest BCUT2D eigenvalue weighted by atomic mass is 10.1. The van der Waals surface area contributed by atoms with Crippen LogP contribution in [0.2, 0.25) is 0 Å². The topological polar surface area (TPSA) is 51.2 Å². The van der Waals surface area contributed by atoms with E-state index >= 15 is 0 Å². The highest BCUT2D eigenvalue weighted by Gasteiger charge is 2.17. The van der Waals surface area contributed by atoms with E-state index in [0.29, 0.717) is 6.54 Å². The summed E-state index contributed by atoms with van der Waals surface area (Å²) in [5, 5.41) is 2.74. The molecular formula is C13H19BrN2O2. The molecule has 1 amide bonds. The molecule has 0 aliphatic heterocycles. The standard InChI is InChI=1S/C13H19BrN2O2/c1-9(10-6-5-7-11(14)16-10)8-15-12(17)18-13(2,3)4/h5-7,9H,8H2,1-4H3,(H,15,17). The van der Waals surface area contributed by atoms with Gasteiger partial charge in [-0.05, 0) is 48.8 Å². The number of halogens is 1. The zero-order valence-electron chi connectivity index (χ0n) is 11.2. The number of alkyl carbamates (subject to hydrolysis) is 1. The van der Waals surface area contributed by atoms with Gasteiger partial charge in [-0.15, -0.1) is 0 Å². The minimum Gasteiger partial charge on any atom is -0.444 e. The first-order valence-corrected chi connectivity index (χ1v) is 6.66. The number of ether oxygens (including phenoxy) is 1. The second-order valence-corrected chi connectivity index (χ2v) is 5.98. The Kier molecular flexibility index (Phi) is 5.14. The van der Waals surface area contributed by atoms with Crippen LogP contribution in [0.1, 0.15) is 39.3 Å². The van der Waals surface area contributed by atoms with Gasteiger partial charge in [-0.3, -0.25) is 0 Å². The molecule has 0 saturated heterocycles. The molecule has 0 aromatic carbocycles. The van der Waals surface area contributed by atoms with Gasteiger partial charge in [0.25, 0.3) is 0 Å². The number of hydrogen-bond acceptors (Lipinski definition) is 3. The van der Waals surface area contributed by atoms with Crippen LogP contribution in [0, 0.1) is 0 Å². The predicted octanol–water partition coefficient (Wildman–Crippen LogP) is 3.47. The van der Waals surface area contributed by atoms with Crippen LogP contribution in [0.3, 0.4) is 0 Å². The van der Waals surface area contributed by atoms with Crippen molar-refractivity contribution in [3.63, 3.8) is 0 Å². The van der Waals surface area contributed by atoms with Crippen molar-refractivity contribution >= 4 is 22.0 Å². The number of hydrogen-bond donors (Lipinski definition) is 1. The number of amides is 1. The van der Waals surface area contributed by atoms with Gasteiger partial charge >= 0.3 is 6.09 Å². The Morgan fingerprint density at radius 2 is 2.17 bits per heavy atom. The summed E-state index contributed by atoms with van der Waals surface area (Å²) in [4.78, 5) is 15.8. The molecule has 0 radical (unpaired) electrons. The molecule has 1 rings (SSSR count). The van der Waals surface area contributed by atoms with Gasteiger partial charge in [0.05, 0.1) is 0 Å². The fourth-order valence-corrected chi connectivity index (χ4v) is 1.71. The molecule has 0 saturated carbocycles. The molecule has 0 fully saturated rings. The zero-order chi connectivity index (χ0) is 13.8. The van der Waals surface area contributed by atoms with Gasteiger partial charge in [-0.1, -0.05) is 13.0 Å². The molecular weight excluding hydrogens is 296 g/mol. The van der Waals surface area contributed by atoms with Crippen LogP contribution in [0.25, 0.3) is 0 Å². The van der Waals surface area contributed by atoms with E-state index in [1.165, 1.54) is 0 Å². The molecule has 1 heterocycles. The zero-order valence-corrected chi connectivity index (χ0v) is 12.7. The fraction of sp³-hybridized carbons (Fsp3) is 0.538. The predicted molar refractivity (Wildman–Crippen MR) is 74.6 cm³/mol. The Morgan fingerprint density at radius 1 is 1.50 bits per heavy atom. The fourth-order valence-electron chi connectivity index (χ4n) is 1.35. The number of rotatable bonds is 3. The Labute approximate surface area is 116 Å². The summed E-state index contributed by atoms with van der Waals surface area (Å²) in [5.74, 6) is 0.134.